The van der Waals surface area contributed by atoms with Gasteiger partial charge in [-0.25, -0.2) is 0 Å². The molecule has 33 heavy (non-hydrogen) atoms. The number of nitrogens with one attached hydrogen (secondary N) is 2. The van der Waals surface area contributed by atoms with Gasteiger partial charge in [-0.2, -0.15) is 0 Å². The quantitative estimate of drug-likeness (QED) is 0.634. The Kier molecular flexibility index (Phi) is 6.88. The fourth-order valence-electron chi connectivity index (χ4n) is 3.96. The van der Waals surface area contributed by atoms with Crippen molar-refractivity contribution in [3.8, 4) is 0 Å². The standard InChI is InChI=1S/C24H25N5O3S/c1-2-3-17(30)5-7-22(31)29-12-10-28(11-13-29)20-8-9-26-19-6-4-16(14-18(19)20)15-21-23(25)27-24(32)33-21/h2-4,6,8-9,14-15H,5,7,10-13H2,1H3,(H2,25,27,32)/b3-2+,21-15-. The van der Waals surface area contributed by atoms with Crippen molar-refractivity contribution in [2.45, 2.75) is 19.8 Å². The monoisotopic (exact) mass is 463 g/mol. The highest BCUT2D eigenvalue weighted by Gasteiger charge is 2.24. The maximum Gasteiger partial charge on any atom is 0.289 e. The number of aromatic nitrogens is 1. The smallest absolute Gasteiger partial charge is 0.289 e. The second kappa shape index (κ2) is 9.99. The Morgan fingerprint density at radius 2 is 1.97 bits per heavy atom. The van der Waals surface area contributed by atoms with Gasteiger partial charge >= 0.3 is 0 Å². The summed E-state index contributed by atoms with van der Waals surface area (Å²) in [7, 11) is 0. The van der Waals surface area contributed by atoms with Crippen LogP contribution >= 0.6 is 11.8 Å². The highest BCUT2D eigenvalue weighted by molar-refractivity contribution is 8.18. The number of carbonyl (C=O) groups excluding carboxylic acids is 3. The summed E-state index contributed by atoms with van der Waals surface area (Å²) < 4.78 is 0. The van der Waals surface area contributed by atoms with Crippen molar-refractivity contribution in [3.63, 3.8) is 0 Å². The number of nitrogens with zero attached hydrogens (tertiary/aromatic N) is 3. The fraction of sp³-hybridized carbons (Fsp3) is 0.292. The molecule has 2 N–H and O–H groups in total. The molecule has 2 fully saturated rings. The van der Waals surface area contributed by atoms with Crippen molar-refractivity contribution in [1.82, 2.24) is 15.2 Å². The molecular weight excluding hydrogens is 438 g/mol. The molecule has 170 valence electrons. The largest absolute Gasteiger partial charge is 0.367 e. The van der Waals surface area contributed by atoms with Crippen molar-refractivity contribution < 1.29 is 14.4 Å². The zero-order valence-electron chi connectivity index (χ0n) is 18.3. The Balaban J connectivity index is 1.47. The van der Waals surface area contributed by atoms with E-state index in [2.05, 4.69) is 15.2 Å². The van der Waals surface area contributed by atoms with Crippen LogP contribution in [-0.2, 0) is 9.59 Å². The molecule has 1 aromatic carbocycles. The van der Waals surface area contributed by atoms with Crippen LogP contribution < -0.4 is 10.2 Å². The van der Waals surface area contributed by atoms with Crippen molar-refractivity contribution in [1.29, 1.82) is 5.41 Å². The van der Waals surface area contributed by atoms with Crippen molar-refractivity contribution in [2.24, 2.45) is 0 Å². The van der Waals surface area contributed by atoms with E-state index in [0.717, 1.165) is 33.9 Å². The minimum absolute atomic E-state index is 0.0145. The van der Waals surface area contributed by atoms with E-state index in [1.54, 1.807) is 19.2 Å². The molecule has 9 heteroatoms. The van der Waals surface area contributed by atoms with Gasteiger partial charge in [0.05, 0.1) is 10.4 Å². The van der Waals surface area contributed by atoms with E-state index in [4.69, 9.17) is 5.41 Å². The van der Waals surface area contributed by atoms with Crippen LogP contribution in [0.4, 0.5) is 10.5 Å². The van der Waals surface area contributed by atoms with Crippen molar-refractivity contribution in [2.75, 3.05) is 31.1 Å². The van der Waals surface area contributed by atoms with E-state index < -0.39 is 0 Å². The number of pyridine rings is 1. The molecular formula is C24H25N5O3S. The molecule has 2 saturated heterocycles. The third-order valence-electron chi connectivity index (χ3n) is 5.63. The molecule has 8 nitrogen and oxygen atoms in total. The van der Waals surface area contributed by atoms with E-state index >= 15 is 0 Å². The Bertz CT molecular complexity index is 1180. The number of thioether (sulfide) groups is 1. The predicted molar refractivity (Wildman–Crippen MR) is 131 cm³/mol. The fourth-order valence-corrected chi connectivity index (χ4v) is 4.66. The average molecular weight is 464 g/mol. The number of fused-ring (bicyclic) bond motifs is 1. The molecule has 3 heterocycles. The molecule has 4 rings (SSSR count). The van der Waals surface area contributed by atoms with Crippen LogP contribution in [0, 0.1) is 5.41 Å². The summed E-state index contributed by atoms with van der Waals surface area (Å²) in [4.78, 5) is 44.8. The zero-order valence-corrected chi connectivity index (χ0v) is 19.2. The Labute approximate surface area is 196 Å². The van der Waals surface area contributed by atoms with Gasteiger partial charge in [0.1, 0.15) is 5.84 Å². The average Bonchev–Trinajstić information content (AvgIpc) is 3.13. The summed E-state index contributed by atoms with van der Waals surface area (Å²) in [5, 5.41) is 11.1. The predicted octanol–water partition coefficient (Wildman–Crippen LogP) is 3.58. The van der Waals surface area contributed by atoms with Gasteiger partial charge in [0.25, 0.3) is 5.24 Å². The maximum absolute atomic E-state index is 12.5. The van der Waals surface area contributed by atoms with E-state index in [9.17, 15) is 14.4 Å². The minimum atomic E-state index is -0.243. The second-order valence-corrected chi connectivity index (χ2v) is 8.85. The molecule has 0 radical (unpaired) electrons. The number of allylic oxidation sites excluding steroid dienone is 2. The molecule has 0 aliphatic carbocycles. The normalized spacial score (nSPS) is 17.9. The van der Waals surface area contributed by atoms with Crippen molar-refractivity contribution >= 4 is 57.2 Å². The number of amidine groups is 1. The first-order valence-electron chi connectivity index (χ1n) is 10.8. The molecule has 0 atom stereocenters. The Hall–Kier alpha value is -3.46. The number of hydrogen-bond acceptors (Lipinski definition) is 7. The van der Waals surface area contributed by atoms with Crippen LogP contribution in [-0.4, -0.2) is 58.8 Å². The summed E-state index contributed by atoms with van der Waals surface area (Å²) in [6.45, 7) is 4.38. The van der Waals surface area contributed by atoms with Crippen LogP contribution in [0.5, 0.6) is 0 Å². The van der Waals surface area contributed by atoms with Crippen LogP contribution in [0.3, 0.4) is 0 Å². The van der Waals surface area contributed by atoms with Crippen LogP contribution in [0.25, 0.3) is 17.0 Å². The summed E-state index contributed by atoms with van der Waals surface area (Å²) in [6, 6.07) is 7.86. The van der Waals surface area contributed by atoms with Gasteiger partial charge < -0.3 is 15.1 Å². The lowest BCUT2D eigenvalue weighted by Crippen LogP contribution is -2.48. The van der Waals surface area contributed by atoms with Gasteiger partial charge in [-0.05, 0) is 54.6 Å². The summed E-state index contributed by atoms with van der Waals surface area (Å²) in [5.74, 6) is 0.107. The lowest BCUT2D eigenvalue weighted by Gasteiger charge is -2.36. The first-order chi connectivity index (χ1) is 15.9. The number of rotatable bonds is 6. The number of benzene rings is 1. The van der Waals surface area contributed by atoms with Gasteiger partial charge in [0.2, 0.25) is 5.91 Å². The highest BCUT2D eigenvalue weighted by Crippen LogP contribution is 2.30. The molecule has 0 bridgehead atoms. The van der Waals surface area contributed by atoms with E-state index in [-0.39, 0.29) is 35.6 Å². The van der Waals surface area contributed by atoms with Crippen LogP contribution in [0.2, 0.25) is 0 Å². The summed E-state index contributed by atoms with van der Waals surface area (Å²) in [5.41, 5.74) is 2.79. The van der Waals surface area contributed by atoms with Gasteiger partial charge in [-0.3, -0.25) is 24.8 Å². The lowest BCUT2D eigenvalue weighted by atomic mass is 10.1. The number of anilines is 1. The SMILES string of the molecule is C/C=C/C(=O)CCC(=O)N1CCN(c2ccnc3ccc(/C=C4\SC(=O)NC4=N)cc23)CC1. The van der Waals surface area contributed by atoms with Gasteiger partial charge in [0.15, 0.2) is 5.78 Å². The number of hydrogen-bond donors (Lipinski definition) is 2. The summed E-state index contributed by atoms with van der Waals surface area (Å²) in [6.07, 6.45) is 7.29. The summed E-state index contributed by atoms with van der Waals surface area (Å²) >= 11 is 1.02. The molecule has 2 amide bonds. The first kappa shape index (κ1) is 22.7. The number of ketones is 1. The van der Waals surface area contributed by atoms with Gasteiger partial charge in [-0.15, -0.1) is 0 Å². The molecule has 2 aromatic rings. The maximum atomic E-state index is 12.5. The Morgan fingerprint density at radius 3 is 2.67 bits per heavy atom. The molecule has 1 aromatic heterocycles. The molecule has 0 spiro atoms. The third-order valence-corrected chi connectivity index (χ3v) is 6.46. The topological polar surface area (TPSA) is 106 Å². The zero-order chi connectivity index (χ0) is 23.4. The number of amides is 2. The Morgan fingerprint density at radius 1 is 1.18 bits per heavy atom. The first-order valence-corrected chi connectivity index (χ1v) is 11.6. The minimum Gasteiger partial charge on any atom is -0.367 e. The van der Waals surface area contributed by atoms with Gasteiger partial charge in [0, 0.05) is 56.3 Å². The van der Waals surface area contributed by atoms with E-state index in [0.29, 0.717) is 31.1 Å². The van der Waals surface area contributed by atoms with Crippen LogP contribution in [0.1, 0.15) is 25.3 Å². The number of carbonyl (C=O) groups is 3. The van der Waals surface area contributed by atoms with Gasteiger partial charge in [-0.1, -0.05) is 12.1 Å². The third kappa shape index (κ3) is 5.31. The van der Waals surface area contributed by atoms with Crippen LogP contribution in [0.15, 0.2) is 47.5 Å². The van der Waals surface area contributed by atoms with Crippen molar-refractivity contribution in [3.05, 3.63) is 53.1 Å². The molecule has 2 aliphatic heterocycles. The second-order valence-electron chi connectivity index (χ2n) is 7.84. The molecule has 2 aliphatic rings. The van der Waals surface area contributed by atoms with E-state index in [1.807, 2.05) is 35.2 Å². The molecule has 0 saturated carbocycles. The molecule has 0 unspecified atom stereocenters. The lowest BCUT2D eigenvalue weighted by molar-refractivity contribution is -0.132. The number of piperazine rings is 1. The van der Waals surface area contributed by atoms with E-state index in [1.165, 1.54) is 6.08 Å². The highest BCUT2D eigenvalue weighted by atomic mass is 32.2.